The van der Waals surface area contributed by atoms with Gasteiger partial charge in [0, 0.05) is 20.5 Å². The fourth-order valence-electron chi connectivity index (χ4n) is 1.83. The van der Waals surface area contributed by atoms with Gasteiger partial charge in [0.1, 0.15) is 5.69 Å². The summed E-state index contributed by atoms with van der Waals surface area (Å²) in [5.41, 5.74) is 2.21. The van der Waals surface area contributed by atoms with E-state index in [1.165, 1.54) is 0 Å². The van der Waals surface area contributed by atoms with Crippen molar-refractivity contribution in [1.82, 2.24) is 9.78 Å². The summed E-state index contributed by atoms with van der Waals surface area (Å²) in [6, 6.07) is 9.74. The highest BCUT2D eigenvalue weighted by Crippen LogP contribution is 2.31. The Labute approximate surface area is 136 Å². The maximum atomic E-state index is 11.2. The van der Waals surface area contributed by atoms with E-state index in [0.717, 1.165) is 25.8 Å². The van der Waals surface area contributed by atoms with Crippen molar-refractivity contribution in [3.05, 3.63) is 56.4 Å². The SMILES string of the molecule is O=Cc1cn(-c2ccc(Br)cc2)nc1-c1cc(Br)cs1. The van der Waals surface area contributed by atoms with Gasteiger partial charge in [-0.1, -0.05) is 15.9 Å². The summed E-state index contributed by atoms with van der Waals surface area (Å²) in [5.74, 6) is 0. The zero-order valence-corrected chi connectivity index (χ0v) is 14.1. The van der Waals surface area contributed by atoms with Gasteiger partial charge in [-0.05, 0) is 46.3 Å². The van der Waals surface area contributed by atoms with Gasteiger partial charge in [-0.15, -0.1) is 11.3 Å². The summed E-state index contributed by atoms with van der Waals surface area (Å²) in [6.07, 6.45) is 2.59. The molecule has 0 radical (unpaired) electrons. The van der Waals surface area contributed by atoms with Gasteiger partial charge in [-0.2, -0.15) is 5.10 Å². The Bertz CT molecular complexity index is 762. The topological polar surface area (TPSA) is 34.9 Å². The Morgan fingerprint density at radius 3 is 2.50 bits per heavy atom. The smallest absolute Gasteiger partial charge is 0.153 e. The van der Waals surface area contributed by atoms with E-state index in [-0.39, 0.29) is 0 Å². The van der Waals surface area contributed by atoms with Crippen LogP contribution in [0.2, 0.25) is 0 Å². The minimum atomic E-state index is 0.585. The molecule has 0 bridgehead atoms. The molecule has 0 atom stereocenters. The average Bonchev–Trinajstić information content (AvgIpc) is 3.05. The molecule has 2 aromatic heterocycles. The first-order valence-electron chi connectivity index (χ1n) is 5.72. The fourth-order valence-corrected chi connectivity index (χ4v) is 3.53. The molecule has 3 aromatic rings. The van der Waals surface area contributed by atoms with Crippen LogP contribution in [0.3, 0.4) is 0 Å². The minimum absolute atomic E-state index is 0.585. The average molecular weight is 412 g/mol. The van der Waals surface area contributed by atoms with Crippen molar-refractivity contribution in [2.75, 3.05) is 0 Å². The van der Waals surface area contributed by atoms with Crippen LogP contribution in [0.15, 0.2) is 50.9 Å². The van der Waals surface area contributed by atoms with Gasteiger partial charge in [0.05, 0.1) is 16.1 Å². The highest BCUT2D eigenvalue weighted by Gasteiger charge is 2.13. The molecule has 100 valence electrons. The first-order chi connectivity index (χ1) is 9.67. The molecule has 0 amide bonds. The lowest BCUT2D eigenvalue weighted by Gasteiger charge is -2.00. The molecular weight excluding hydrogens is 404 g/mol. The second-order valence-electron chi connectivity index (χ2n) is 4.10. The lowest BCUT2D eigenvalue weighted by atomic mass is 10.2. The van der Waals surface area contributed by atoms with Crippen LogP contribution < -0.4 is 0 Å². The third-order valence-corrected chi connectivity index (χ3v) is 4.99. The van der Waals surface area contributed by atoms with Crippen LogP contribution in [0.4, 0.5) is 0 Å². The summed E-state index contributed by atoms with van der Waals surface area (Å²) < 4.78 is 3.72. The molecule has 20 heavy (non-hydrogen) atoms. The van der Waals surface area contributed by atoms with Crippen molar-refractivity contribution in [2.24, 2.45) is 0 Å². The molecule has 0 fully saturated rings. The normalized spacial score (nSPS) is 10.7. The van der Waals surface area contributed by atoms with Crippen LogP contribution in [-0.4, -0.2) is 16.1 Å². The molecule has 1 aromatic carbocycles. The molecule has 0 aliphatic carbocycles. The van der Waals surface area contributed by atoms with E-state index in [0.29, 0.717) is 11.3 Å². The molecule has 0 N–H and O–H groups in total. The number of aromatic nitrogens is 2. The summed E-state index contributed by atoms with van der Waals surface area (Å²) >= 11 is 8.37. The number of hydrogen-bond donors (Lipinski definition) is 0. The summed E-state index contributed by atoms with van der Waals surface area (Å²) in [7, 11) is 0. The Kier molecular flexibility index (Phi) is 3.87. The van der Waals surface area contributed by atoms with Crippen LogP contribution in [0.5, 0.6) is 0 Å². The highest BCUT2D eigenvalue weighted by molar-refractivity contribution is 9.10. The minimum Gasteiger partial charge on any atom is -0.298 e. The first-order valence-corrected chi connectivity index (χ1v) is 8.19. The molecule has 0 aliphatic rings. The standard InChI is InChI=1S/C14H8Br2N2OS/c15-10-1-3-12(4-2-10)18-6-9(7-19)14(17-18)13-5-11(16)8-20-13/h1-8H. The lowest BCUT2D eigenvalue weighted by molar-refractivity contribution is 0.112. The van der Waals surface area contributed by atoms with Crippen LogP contribution >= 0.6 is 43.2 Å². The number of rotatable bonds is 3. The molecule has 2 heterocycles. The monoisotopic (exact) mass is 410 g/mol. The maximum Gasteiger partial charge on any atom is 0.153 e. The molecule has 0 saturated heterocycles. The fraction of sp³-hybridized carbons (Fsp3) is 0. The van der Waals surface area contributed by atoms with Crippen molar-refractivity contribution in [1.29, 1.82) is 0 Å². The van der Waals surface area contributed by atoms with E-state index in [1.807, 2.05) is 35.7 Å². The number of thiophene rings is 1. The van der Waals surface area contributed by atoms with Gasteiger partial charge in [0.25, 0.3) is 0 Å². The zero-order chi connectivity index (χ0) is 14.1. The number of hydrogen-bond acceptors (Lipinski definition) is 3. The van der Waals surface area contributed by atoms with Crippen molar-refractivity contribution in [3.8, 4) is 16.3 Å². The van der Waals surface area contributed by atoms with E-state index in [9.17, 15) is 4.79 Å². The lowest BCUT2D eigenvalue weighted by Crippen LogP contribution is -1.93. The largest absolute Gasteiger partial charge is 0.298 e. The zero-order valence-electron chi connectivity index (χ0n) is 10.1. The third-order valence-electron chi connectivity index (χ3n) is 2.76. The molecule has 0 spiro atoms. The number of halogens is 2. The molecule has 6 heteroatoms. The second kappa shape index (κ2) is 5.63. The molecule has 3 rings (SSSR count). The quantitative estimate of drug-likeness (QED) is 0.572. The van der Waals surface area contributed by atoms with Crippen molar-refractivity contribution < 1.29 is 4.79 Å². The number of nitrogens with zero attached hydrogens (tertiary/aromatic N) is 2. The third kappa shape index (κ3) is 2.63. The van der Waals surface area contributed by atoms with E-state index in [1.54, 1.807) is 22.2 Å². The Hall–Kier alpha value is -1.24. The molecule has 0 saturated carbocycles. The van der Waals surface area contributed by atoms with Gasteiger partial charge in [-0.25, -0.2) is 4.68 Å². The molecular formula is C14H8Br2N2OS. The van der Waals surface area contributed by atoms with E-state index < -0.39 is 0 Å². The molecule has 3 nitrogen and oxygen atoms in total. The summed E-state index contributed by atoms with van der Waals surface area (Å²) in [6.45, 7) is 0. The molecule has 0 aliphatic heterocycles. The van der Waals surface area contributed by atoms with E-state index in [2.05, 4.69) is 37.0 Å². The summed E-state index contributed by atoms with van der Waals surface area (Å²) in [5, 5.41) is 6.50. The summed E-state index contributed by atoms with van der Waals surface area (Å²) in [4.78, 5) is 12.2. The number of carbonyl (C=O) groups is 1. The van der Waals surface area contributed by atoms with Crippen molar-refractivity contribution in [2.45, 2.75) is 0 Å². The van der Waals surface area contributed by atoms with Crippen molar-refractivity contribution >= 4 is 49.5 Å². The van der Waals surface area contributed by atoms with Crippen LogP contribution in [0, 0.1) is 0 Å². The molecule has 0 unspecified atom stereocenters. The van der Waals surface area contributed by atoms with Gasteiger partial charge in [-0.3, -0.25) is 4.79 Å². The predicted molar refractivity (Wildman–Crippen MR) is 87.7 cm³/mol. The number of aldehydes is 1. The maximum absolute atomic E-state index is 11.2. The Morgan fingerprint density at radius 2 is 1.90 bits per heavy atom. The van der Waals surface area contributed by atoms with Crippen LogP contribution in [0.1, 0.15) is 10.4 Å². The van der Waals surface area contributed by atoms with Crippen molar-refractivity contribution in [3.63, 3.8) is 0 Å². The van der Waals surface area contributed by atoms with Gasteiger partial charge < -0.3 is 0 Å². The highest BCUT2D eigenvalue weighted by atomic mass is 79.9. The Morgan fingerprint density at radius 1 is 1.15 bits per heavy atom. The number of carbonyl (C=O) groups excluding carboxylic acids is 1. The van der Waals surface area contributed by atoms with Gasteiger partial charge in [0.2, 0.25) is 0 Å². The number of benzene rings is 1. The van der Waals surface area contributed by atoms with Crippen LogP contribution in [0.25, 0.3) is 16.3 Å². The van der Waals surface area contributed by atoms with E-state index in [4.69, 9.17) is 0 Å². The van der Waals surface area contributed by atoms with Gasteiger partial charge in [0.15, 0.2) is 6.29 Å². The van der Waals surface area contributed by atoms with E-state index >= 15 is 0 Å². The first kappa shape index (κ1) is 13.7. The van der Waals surface area contributed by atoms with Gasteiger partial charge >= 0.3 is 0 Å². The second-order valence-corrected chi connectivity index (χ2v) is 6.84. The predicted octanol–water partition coefficient (Wildman–Crippen LogP) is 4.94. The Balaban J connectivity index is 2.09. The van der Waals surface area contributed by atoms with Crippen LogP contribution in [-0.2, 0) is 0 Å².